The van der Waals surface area contributed by atoms with Gasteiger partial charge in [-0.2, -0.15) is 0 Å². The van der Waals surface area contributed by atoms with E-state index in [-0.39, 0.29) is 93.3 Å². The predicted octanol–water partition coefficient (Wildman–Crippen LogP) is -1.97. The van der Waals surface area contributed by atoms with Crippen molar-refractivity contribution >= 4 is 105 Å². The Bertz CT molecular complexity index is 143. The van der Waals surface area contributed by atoms with E-state index in [9.17, 15) is 9.59 Å². The minimum atomic E-state index is -1.79. The van der Waals surface area contributed by atoms with Crippen LogP contribution in [-0.2, 0) is 9.59 Å². The number of aliphatic hydroxyl groups is 1. The summed E-state index contributed by atoms with van der Waals surface area (Å²) in [4.78, 5) is 19.4. The number of carboxylic acid groups (broad SMARTS) is 2. The molecule has 0 heterocycles. The van der Waals surface area contributed by atoms with Gasteiger partial charge in [-0.25, -0.2) is 4.79 Å². The molecule has 0 amide bonds. The van der Waals surface area contributed by atoms with Gasteiger partial charge in [-0.1, -0.05) is 0 Å². The number of rotatable bonds is 3. The Morgan fingerprint density at radius 3 is 1.67 bits per heavy atom. The molecule has 12 heavy (non-hydrogen) atoms. The standard InChI is InChI=1S/C4H6O5.ClH.K.Na.2H/c5-2(4(8)9)1-3(6)7;;;;;/h2,5H,1H2,(H,6,7)(H,8,9);1H;;;;. The summed E-state index contributed by atoms with van der Waals surface area (Å²) in [6, 6.07) is 0. The molecule has 0 spiro atoms. The van der Waals surface area contributed by atoms with Crippen LogP contribution in [-0.4, -0.2) is 114 Å². The molecule has 0 aromatic rings. The van der Waals surface area contributed by atoms with Gasteiger partial charge in [-0.05, 0) is 0 Å². The van der Waals surface area contributed by atoms with Crippen LogP contribution in [0.5, 0.6) is 0 Å². The summed E-state index contributed by atoms with van der Waals surface area (Å²) < 4.78 is 0. The molecule has 8 heteroatoms. The zero-order chi connectivity index (χ0) is 7.44. The molecule has 0 bridgehead atoms. The molecule has 64 valence electrons. The summed E-state index contributed by atoms with van der Waals surface area (Å²) in [5.74, 6) is -2.85. The molecule has 0 aromatic carbocycles. The van der Waals surface area contributed by atoms with Gasteiger partial charge < -0.3 is 15.3 Å². The third-order valence-corrected chi connectivity index (χ3v) is 0.653. The summed E-state index contributed by atoms with van der Waals surface area (Å²) >= 11 is 0. The molecule has 0 aromatic heterocycles. The topological polar surface area (TPSA) is 94.8 Å². The van der Waals surface area contributed by atoms with E-state index in [4.69, 9.17) is 15.3 Å². The molecule has 0 aliphatic carbocycles. The van der Waals surface area contributed by atoms with Crippen LogP contribution in [0.15, 0.2) is 0 Å². The number of halogens is 1. The van der Waals surface area contributed by atoms with Gasteiger partial charge in [-0.3, -0.25) is 4.79 Å². The summed E-state index contributed by atoms with van der Waals surface area (Å²) in [6.07, 6.45) is -2.54. The van der Waals surface area contributed by atoms with E-state index in [0.717, 1.165) is 0 Å². The van der Waals surface area contributed by atoms with E-state index in [0.29, 0.717) is 0 Å². The van der Waals surface area contributed by atoms with E-state index in [2.05, 4.69) is 0 Å². The van der Waals surface area contributed by atoms with Crippen LogP contribution >= 0.6 is 12.4 Å². The van der Waals surface area contributed by atoms with Gasteiger partial charge in [0.15, 0.2) is 6.10 Å². The maximum absolute atomic E-state index is 9.72. The van der Waals surface area contributed by atoms with Crippen LogP contribution in [0, 0.1) is 0 Å². The second-order valence-electron chi connectivity index (χ2n) is 1.45. The van der Waals surface area contributed by atoms with Gasteiger partial charge in [0.1, 0.15) is 0 Å². The molecule has 0 saturated carbocycles. The minimum absolute atomic E-state index is 0. The summed E-state index contributed by atoms with van der Waals surface area (Å²) in [7, 11) is 0. The van der Waals surface area contributed by atoms with Crippen molar-refractivity contribution in [2.75, 3.05) is 0 Å². The zero-order valence-corrected chi connectivity index (χ0v) is 5.67. The van der Waals surface area contributed by atoms with Crippen molar-refractivity contribution in [3.05, 3.63) is 0 Å². The Morgan fingerprint density at radius 1 is 1.25 bits per heavy atom. The third-order valence-electron chi connectivity index (χ3n) is 0.653. The Kier molecular flexibility index (Phi) is 25.2. The van der Waals surface area contributed by atoms with Gasteiger partial charge in [0, 0.05) is 0 Å². The number of carbonyl (C=O) groups is 2. The third kappa shape index (κ3) is 14.4. The molecule has 0 radical (unpaired) electrons. The molecule has 0 aliphatic rings. The second-order valence-corrected chi connectivity index (χ2v) is 1.45. The molecule has 0 rings (SSSR count). The Balaban J connectivity index is -0.000000107. The number of aliphatic carboxylic acids is 2. The van der Waals surface area contributed by atoms with Gasteiger partial charge in [0.25, 0.3) is 0 Å². The van der Waals surface area contributed by atoms with Crippen molar-refractivity contribution in [1.29, 1.82) is 0 Å². The van der Waals surface area contributed by atoms with Crippen LogP contribution in [0.2, 0.25) is 0 Å². The van der Waals surface area contributed by atoms with E-state index < -0.39 is 24.5 Å². The van der Waals surface area contributed by atoms with Crippen LogP contribution in [0.1, 0.15) is 6.42 Å². The molecule has 0 fully saturated rings. The average molecular weight is 235 g/mol. The summed E-state index contributed by atoms with van der Waals surface area (Å²) in [5, 5.41) is 24.1. The molecular weight excluding hydrogens is 226 g/mol. The van der Waals surface area contributed by atoms with E-state index in [1.165, 1.54) is 0 Å². The molecule has 0 aliphatic heterocycles. The molecular formula is C4H9ClKNaO5. The van der Waals surface area contributed by atoms with Crippen molar-refractivity contribution < 1.29 is 24.9 Å². The van der Waals surface area contributed by atoms with Crippen LogP contribution in [0.25, 0.3) is 0 Å². The SMILES string of the molecule is Cl.O=C(O)CC(O)C(=O)O.[KH].[NaH]. The Hall–Kier alpha value is 1.83. The monoisotopic (exact) mass is 234 g/mol. The van der Waals surface area contributed by atoms with E-state index in [1.807, 2.05) is 0 Å². The number of carboxylic acids is 2. The molecule has 5 nitrogen and oxygen atoms in total. The predicted molar refractivity (Wildman–Crippen MR) is 47.4 cm³/mol. The van der Waals surface area contributed by atoms with Crippen molar-refractivity contribution in [3.63, 3.8) is 0 Å². The van der Waals surface area contributed by atoms with Gasteiger partial charge in [0.05, 0.1) is 6.42 Å². The first kappa shape index (κ1) is 23.6. The number of hydrogen-bond acceptors (Lipinski definition) is 3. The first-order chi connectivity index (χ1) is 4.04. The molecule has 3 N–H and O–H groups in total. The van der Waals surface area contributed by atoms with E-state index in [1.54, 1.807) is 0 Å². The quantitative estimate of drug-likeness (QED) is 0.493. The van der Waals surface area contributed by atoms with E-state index >= 15 is 0 Å². The average Bonchev–Trinajstić information content (AvgIpc) is 1.63. The summed E-state index contributed by atoms with van der Waals surface area (Å²) in [6.45, 7) is 0. The fraction of sp³-hybridized carbons (Fsp3) is 0.500. The van der Waals surface area contributed by atoms with Crippen LogP contribution < -0.4 is 0 Å². The molecule has 1 atom stereocenters. The van der Waals surface area contributed by atoms with Crippen molar-refractivity contribution in [2.45, 2.75) is 12.5 Å². The van der Waals surface area contributed by atoms with Gasteiger partial charge in [0.2, 0.25) is 0 Å². The maximum atomic E-state index is 9.72. The normalized spacial score (nSPS) is 9.42. The summed E-state index contributed by atoms with van der Waals surface area (Å²) in [5.41, 5.74) is 0. The van der Waals surface area contributed by atoms with Gasteiger partial charge >= 0.3 is 92.9 Å². The number of hydrogen-bond donors (Lipinski definition) is 3. The second kappa shape index (κ2) is 12.8. The first-order valence-electron chi connectivity index (χ1n) is 2.16. The Morgan fingerprint density at radius 2 is 1.58 bits per heavy atom. The van der Waals surface area contributed by atoms with Crippen LogP contribution in [0.3, 0.4) is 0 Å². The van der Waals surface area contributed by atoms with Crippen LogP contribution in [0.4, 0.5) is 0 Å². The van der Waals surface area contributed by atoms with Gasteiger partial charge in [-0.15, -0.1) is 12.4 Å². The Labute approximate surface area is 140 Å². The first-order valence-corrected chi connectivity index (χ1v) is 2.16. The zero-order valence-electron chi connectivity index (χ0n) is 4.85. The molecule has 1 unspecified atom stereocenters. The fourth-order valence-corrected chi connectivity index (χ4v) is 0.253. The molecule has 0 saturated heterocycles. The van der Waals surface area contributed by atoms with Crippen molar-refractivity contribution in [1.82, 2.24) is 0 Å². The van der Waals surface area contributed by atoms with Crippen molar-refractivity contribution in [3.8, 4) is 0 Å². The number of aliphatic hydroxyl groups excluding tert-OH is 1. The fourth-order valence-electron chi connectivity index (χ4n) is 0.253. The van der Waals surface area contributed by atoms with Crippen molar-refractivity contribution in [2.24, 2.45) is 0 Å².